The van der Waals surface area contributed by atoms with Crippen LogP contribution in [0.2, 0.25) is 0 Å². The molecular formula is C26H23N3O5S. The van der Waals surface area contributed by atoms with E-state index in [-0.39, 0.29) is 0 Å². The van der Waals surface area contributed by atoms with E-state index in [1.54, 1.807) is 31.2 Å². The predicted octanol–water partition coefficient (Wildman–Crippen LogP) is 4.01. The van der Waals surface area contributed by atoms with Gasteiger partial charge in [-0.05, 0) is 48.9 Å². The zero-order chi connectivity index (χ0) is 24.4. The molecule has 178 valence electrons. The minimum atomic E-state index is -1.33. The molecule has 3 aromatic carbocycles. The SMILES string of the molecule is C[C@]1(c2ccc3c(c2)OCCO3)NC(=O)N(CC(=O)Nc2ccccc2Sc2ccccc2)C1=O. The van der Waals surface area contributed by atoms with Gasteiger partial charge in [-0.2, -0.15) is 0 Å². The lowest BCUT2D eigenvalue weighted by Gasteiger charge is -2.25. The number of anilines is 1. The Bertz CT molecular complexity index is 1300. The predicted molar refractivity (Wildman–Crippen MR) is 131 cm³/mol. The van der Waals surface area contributed by atoms with Crippen LogP contribution in [-0.4, -0.2) is 42.5 Å². The third kappa shape index (κ3) is 4.54. The molecule has 0 aromatic heterocycles. The van der Waals surface area contributed by atoms with Gasteiger partial charge in [0.25, 0.3) is 5.91 Å². The number of ether oxygens (including phenoxy) is 2. The van der Waals surface area contributed by atoms with E-state index in [0.29, 0.717) is 36.0 Å². The lowest BCUT2D eigenvalue weighted by atomic mass is 9.91. The number of urea groups is 1. The van der Waals surface area contributed by atoms with E-state index in [9.17, 15) is 14.4 Å². The van der Waals surface area contributed by atoms with Crippen molar-refractivity contribution >= 4 is 35.3 Å². The largest absolute Gasteiger partial charge is 0.486 e. The molecule has 2 aliphatic rings. The molecule has 1 saturated heterocycles. The Morgan fingerprint density at radius 3 is 2.51 bits per heavy atom. The summed E-state index contributed by atoms with van der Waals surface area (Å²) in [5.74, 6) is 0.117. The number of para-hydroxylation sites is 1. The maximum absolute atomic E-state index is 13.3. The molecule has 0 spiro atoms. The topological polar surface area (TPSA) is 97.0 Å². The van der Waals surface area contributed by atoms with Gasteiger partial charge in [-0.15, -0.1) is 0 Å². The summed E-state index contributed by atoms with van der Waals surface area (Å²) in [5.41, 5.74) is -0.172. The summed E-state index contributed by atoms with van der Waals surface area (Å²) in [6.45, 7) is 2.07. The fourth-order valence-electron chi connectivity index (χ4n) is 4.00. The second kappa shape index (κ2) is 9.34. The summed E-state index contributed by atoms with van der Waals surface area (Å²) in [4.78, 5) is 41.7. The average Bonchev–Trinajstić information content (AvgIpc) is 3.09. The third-order valence-electron chi connectivity index (χ3n) is 5.83. The van der Waals surface area contributed by atoms with Gasteiger partial charge in [0.05, 0.1) is 5.69 Å². The van der Waals surface area contributed by atoms with Crippen LogP contribution >= 0.6 is 11.8 Å². The first-order valence-electron chi connectivity index (χ1n) is 11.1. The average molecular weight is 490 g/mol. The van der Waals surface area contributed by atoms with Gasteiger partial charge in [0.15, 0.2) is 11.5 Å². The first-order valence-corrected chi connectivity index (χ1v) is 11.9. The maximum Gasteiger partial charge on any atom is 0.325 e. The maximum atomic E-state index is 13.3. The van der Waals surface area contributed by atoms with Crippen molar-refractivity contribution < 1.29 is 23.9 Å². The Hall–Kier alpha value is -3.98. The van der Waals surface area contributed by atoms with Gasteiger partial charge < -0.3 is 20.1 Å². The summed E-state index contributed by atoms with van der Waals surface area (Å²) < 4.78 is 11.2. The second-order valence-corrected chi connectivity index (χ2v) is 9.38. The standard InChI is InChI=1S/C26H23N3O5S/c1-26(17-11-12-20-21(15-17)34-14-13-33-20)24(31)29(25(32)28-26)16-23(30)27-19-9-5-6-10-22(19)35-18-7-3-2-4-8-18/h2-12,15H,13-14,16H2,1H3,(H,27,30)(H,28,32)/t26-/m1/s1. The number of amides is 4. The highest BCUT2D eigenvalue weighted by atomic mass is 32.2. The van der Waals surface area contributed by atoms with E-state index in [0.717, 1.165) is 14.7 Å². The molecule has 2 aliphatic heterocycles. The van der Waals surface area contributed by atoms with Gasteiger partial charge >= 0.3 is 6.03 Å². The van der Waals surface area contributed by atoms with Crippen LogP contribution < -0.4 is 20.1 Å². The van der Waals surface area contributed by atoms with E-state index >= 15 is 0 Å². The molecule has 0 saturated carbocycles. The number of imide groups is 1. The van der Waals surface area contributed by atoms with E-state index < -0.39 is 29.9 Å². The number of fused-ring (bicyclic) bond motifs is 1. The molecule has 0 radical (unpaired) electrons. The zero-order valence-corrected chi connectivity index (χ0v) is 19.8. The summed E-state index contributed by atoms with van der Waals surface area (Å²) >= 11 is 1.51. The monoisotopic (exact) mass is 489 g/mol. The van der Waals surface area contributed by atoms with Crippen LogP contribution in [0.5, 0.6) is 11.5 Å². The van der Waals surface area contributed by atoms with Crippen LogP contribution in [0.1, 0.15) is 12.5 Å². The van der Waals surface area contributed by atoms with Crippen molar-refractivity contribution in [3.05, 3.63) is 78.4 Å². The third-order valence-corrected chi connectivity index (χ3v) is 6.91. The highest BCUT2D eigenvalue weighted by Gasteiger charge is 2.49. The minimum absolute atomic E-state index is 0.407. The van der Waals surface area contributed by atoms with E-state index in [4.69, 9.17) is 9.47 Å². The van der Waals surface area contributed by atoms with E-state index in [1.165, 1.54) is 11.8 Å². The molecule has 2 heterocycles. The fourth-order valence-corrected chi connectivity index (χ4v) is 4.92. The van der Waals surface area contributed by atoms with Gasteiger partial charge in [-0.25, -0.2) is 4.79 Å². The second-order valence-electron chi connectivity index (χ2n) is 8.26. The van der Waals surface area contributed by atoms with Gasteiger partial charge in [-0.3, -0.25) is 14.5 Å². The fraction of sp³-hybridized carbons (Fsp3) is 0.192. The van der Waals surface area contributed by atoms with E-state index in [1.807, 2.05) is 48.5 Å². The molecule has 9 heteroatoms. The number of hydrogen-bond donors (Lipinski definition) is 2. The molecule has 8 nitrogen and oxygen atoms in total. The normalized spacial score (nSPS) is 18.8. The zero-order valence-electron chi connectivity index (χ0n) is 18.9. The Morgan fingerprint density at radius 1 is 1.00 bits per heavy atom. The number of nitrogens with one attached hydrogen (secondary N) is 2. The minimum Gasteiger partial charge on any atom is -0.486 e. The Morgan fingerprint density at radius 2 is 1.71 bits per heavy atom. The van der Waals surface area contributed by atoms with Crippen LogP contribution in [0.4, 0.5) is 10.5 Å². The van der Waals surface area contributed by atoms with Crippen molar-refractivity contribution in [3.63, 3.8) is 0 Å². The number of carbonyl (C=O) groups is 3. The Balaban J connectivity index is 1.30. The van der Waals surface area contributed by atoms with Gasteiger partial charge in [-0.1, -0.05) is 48.2 Å². The first kappa shape index (κ1) is 22.8. The number of benzene rings is 3. The smallest absolute Gasteiger partial charge is 0.325 e. The van der Waals surface area contributed by atoms with Crippen LogP contribution in [0.3, 0.4) is 0 Å². The number of carbonyl (C=O) groups excluding carboxylic acids is 3. The Kier molecular flexibility index (Phi) is 6.08. The van der Waals surface area contributed by atoms with Crippen molar-refractivity contribution in [1.82, 2.24) is 10.2 Å². The number of rotatable bonds is 6. The van der Waals surface area contributed by atoms with Crippen LogP contribution in [0, 0.1) is 0 Å². The molecule has 2 N–H and O–H groups in total. The Labute approximate surface area is 206 Å². The van der Waals surface area contributed by atoms with Gasteiger partial charge in [0.1, 0.15) is 25.3 Å². The highest BCUT2D eigenvalue weighted by Crippen LogP contribution is 2.37. The molecule has 0 bridgehead atoms. The molecule has 3 aromatic rings. The molecule has 1 atom stereocenters. The summed E-state index contributed by atoms with van der Waals surface area (Å²) in [5, 5.41) is 5.56. The molecule has 4 amide bonds. The first-order chi connectivity index (χ1) is 16.9. The van der Waals surface area contributed by atoms with Gasteiger partial charge in [0, 0.05) is 9.79 Å². The van der Waals surface area contributed by atoms with Crippen LogP contribution in [0.15, 0.2) is 82.6 Å². The van der Waals surface area contributed by atoms with E-state index in [2.05, 4.69) is 10.6 Å². The molecule has 1 fully saturated rings. The van der Waals surface area contributed by atoms with Crippen molar-refractivity contribution in [2.24, 2.45) is 0 Å². The van der Waals surface area contributed by atoms with Crippen LogP contribution in [-0.2, 0) is 15.1 Å². The van der Waals surface area contributed by atoms with Crippen molar-refractivity contribution in [2.45, 2.75) is 22.3 Å². The van der Waals surface area contributed by atoms with Crippen molar-refractivity contribution in [2.75, 3.05) is 25.1 Å². The molecular weight excluding hydrogens is 466 g/mol. The molecule has 0 unspecified atom stereocenters. The summed E-state index contributed by atoms with van der Waals surface area (Å²) in [6, 6.07) is 21.7. The molecule has 35 heavy (non-hydrogen) atoms. The lowest BCUT2D eigenvalue weighted by molar-refractivity contribution is -0.133. The van der Waals surface area contributed by atoms with Crippen LogP contribution in [0.25, 0.3) is 0 Å². The molecule has 0 aliphatic carbocycles. The lowest BCUT2D eigenvalue weighted by Crippen LogP contribution is -2.42. The number of hydrogen-bond acceptors (Lipinski definition) is 6. The van der Waals surface area contributed by atoms with Gasteiger partial charge in [0.2, 0.25) is 5.91 Å². The summed E-state index contributed by atoms with van der Waals surface area (Å²) in [6.07, 6.45) is 0. The highest BCUT2D eigenvalue weighted by molar-refractivity contribution is 7.99. The molecule has 5 rings (SSSR count). The van der Waals surface area contributed by atoms with Crippen molar-refractivity contribution in [3.8, 4) is 11.5 Å². The summed E-state index contributed by atoms with van der Waals surface area (Å²) in [7, 11) is 0. The van der Waals surface area contributed by atoms with Crippen molar-refractivity contribution in [1.29, 1.82) is 0 Å². The quantitative estimate of drug-likeness (QED) is 0.508. The number of nitrogens with zero attached hydrogens (tertiary/aromatic N) is 1.